The summed E-state index contributed by atoms with van der Waals surface area (Å²) in [6.45, 7) is 12.1. The van der Waals surface area contributed by atoms with Crippen molar-refractivity contribution >= 4 is 11.8 Å². The number of carbonyl (C=O) groups is 1. The molecule has 1 aliphatic rings. The fourth-order valence-electron chi connectivity index (χ4n) is 4.85. The van der Waals surface area contributed by atoms with E-state index in [2.05, 4.69) is 28.9 Å². The molecule has 2 heterocycles. The fourth-order valence-corrected chi connectivity index (χ4v) is 4.85. The van der Waals surface area contributed by atoms with Crippen molar-refractivity contribution in [3.05, 3.63) is 78.0 Å². The number of anilines is 1. The van der Waals surface area contributed by atoms with Gasteiger partial charge in [-0.2, -0.15) is 0 Å². The highest BCUT2D eigenvalue weighted by Crippen LogP contribution is 2.33. The van der Waals surface area contributed by atoms with Crippen LogP contribution >= 0.6 is 0 Å². The zero-order chi connectivity index (χ0) is 25.5. The molecule has 1 unspecified atom stereocenters. The van der Waals surface area contributed by atoms with E-state index in [0.29, 0.717) is 24.0 Å². The van der Waals surface area contributed by atoms with Crippen molar-refractivity contribution in [3.63, 3.8) is 0 Å². The molecular formula is C30H37N3O3. The molecule has 0 radical (unpaired) electrons. The van der Waals surface area contributed by atoms with E-state index in [-0.39, 0.29) is 12.1 Å². The van der Waals surface area contributed by atoms with Crippen LogP contribution < -0.4 is 9.64 Å². The maximum Gasteiger partial charge on any atom is 0.342 e. The van der Waals surface area contributed by atoms with Gasteiger partial charge in [0.05, 0.1) is 12.7 Å². The molecule has 190 valence electrons. The molecule has 3 aromatic rings. The smallest absolute Gasteiger partial charge is 0.342 e. The number of nitrogens with zero attached hydrogens (tertiary/aromatic N) is 3. The Labute approximate surface area is 214 Å². The first-order valence-corrected chi connectivity index (χ1v) is 13.0. The number of hydrogen-bond donors (Lipinski definition) is 0. The Morgan fingerprint density at radius 3 is 2.50 bits per heavy atom. The molecule has 1 atom stereocenters. The lowest BCUT2D eigenvalue weighted by Crippen LogP contribution is -2.37. The third-order valence-electron chi connectivity index (χ3n) is 6.57. The largest absolute Gasteiger partial charge is 0.494 e. The molecule has 0 bridgehead atoms. The van der Waals surface area contributed by atoms with E-state index in [1.807, 2.05) is 69.3 Å². The van der Waals surface area contributed by atoms with Crippen LogP contribution in [0.25, 0.3) is 11.1 Å². The van der Waals surface area contributed by atoms with Gasteiger partial charge in [0.15, 0.2) is 0 Å². The third kappa shape index (κ3) is 6.05. The van der Waals surface area contributed by atoms with Gasteiger partial charge in [-0.25, -0.2) is 9.78 Å². The maximum atomic E-state index is 13.3. The molecule has 2 aromatic carbocycles. The predicted molar refractivity (Wildman–Crippen MR) is 145 cm³/mol. The highest BCUT2D eigenvalue weighted by atomic mass is 16.5. The van der Waals surface area contributed by atoms with Gasteiger partial charge in [-0.15, -0.1) is 0 Å². The molecule has 0 saturated carbocycles. The summed E-state index contributed by atoms with van der Waals surface area (Å²) < 4.78 is 11.3. The molecule has 6 heteroatoms. The molecule has 1 aromatic heterocycles. The van der Waals surface area contributed by atoms with Gasteiger partial charge in [0.2, 0.25) is 0 Å². The summed E-state index contributed by atoms with van der Waals surface area (Å²) in [5, 5.41) is 0. The Kier molecular flexibility index (Phi) is 8.60. The average molecular weight is 488 g/mol. The second-order valence-electron chi connectivity index (χ2n) is 9.41. The summed E-state index contributed by atoms with van der Waals surface area (Å²) >= 11 is 0. The van der Waals surface area contributed by atoms with Crippen LogP contribution in [0.5, 0.6) is 5.75 Å². The van der Waals surface area contributed by atoms with Crippen LogP contribution in [-0.4, -0.2) is 54.2 Å². The van der Waals surface area contributed by atoms with Gasteiger partial charge in [-0.05, 0) is 63.1 Å². The number of rotatable bonds is 10. The van der Waals surface area contributed by atoms with Crippen molar-refractivity contribution in [2.24, 2.45) is 0 Å². The first kappa shape index (κ1) is 25.7. The maximum absolute atomic E-state index is 13.3. The highest BCUT2D eigenvalue weighted by Gasteiger charge is 2.32. The number of benzene rings is 2. The summed E-state index contributed by atoms with van der Waals surface area (Å²) in [6, 6.07) is 20.6. The number of hydrogen-bond acceptors (Lipinski definition) is 6. The van der Waals surface area contributed by atoms with E-state index in [0.717, 1.165) is 49.5 Å². The number of esters is 1. The monoisotopic (exact) mass is 487 g/mol. The summed E-state index contributed by atoms with van der Waals surface area (Å²) in [5.41, 5.74) is 3.66. The van der Waals surface area contributed by atoms with Crippen LogP contribution in [0.15, 0.2) is 66.9 Å². The Morgan fingerprint density at radius 2 is 1.83 bits per heavy atom. The first-order chi connectivity index (χ1) is 17.5. The minimum absolute atomic E-state index is 0.204. The quantitative estimate of drug-likeness (QED) is 0.336. The van der Waals surface area contributed by atoms with Gasteiger partial charge in [-0.3, -0.25) is 4.90 Å². The predicted octanol–water partition coefficient (Wildman–Crippen LogP) is 5.81. The molecule has 1 fully saturated rings. The highest BCUT2D eigenvalue weighted by molar-refractivity contribution is 6.02. The first-order valence-electron chi connectivity index (χ1n) is 13.0. The molecule has 6 nitrogen and oxygen atoms in total. The normalized spacial score (nSPS) is 15.5. The molecule has 4 rings (SSSR count). The number of aromatic nitrogens is 1. The van der Waals surface area contributed by atoms with Crippen LogP contribution in [0, 0.1) is 0 Å². The van der Waals surface area contributed by atoms with Gasteiger partial charge < -0.3 is 14.4 Å². The molecular weight excluding hydrogens is 450 g/mol. The van der Waals surface area contributed by atoms with E-state index in [1.165, 1.54) is 5.56 Å². The number of pyridine rings is 1. The van der Waals surface area contributed by atoms with Crippen LogP contribution in [0.3, 0.4) is 0 Å². The standard InChI is InChI=1S/C30H37N3O3/c1-5-32(20-23-12-14-26(15-13-23)35-6-2)25-17-19-33(21-25)29-28(30(34)36-22(3)4)27(16-18-31-29)24-10-8-7-9-11-24/h7-16,18,22,25H,5-6,17,19-21H2,1-4H3. The summed E-state index contributed by atoms with van der Waals surface area (Å²) in [5.74, 6) is 1.29. The number of ether oxygens (including phenoxy) is 2. The van der Waals surface area contributed by atoms with Gasteiger partial charge in [0, 0.05) is 37.4 Å². The Bertz CT molecular complexity index is 1130. The lowest BCUT2D eigenvalue weighted by molar-refractivity contribution is 0.0379. The molecule has 1 saturated heterocycles. The van der Waals surface area contributed by atoms with Crippen molar-refractivity contribution in [1.82, 2.24) is 9.88 Å². The Balaban J connectivity index is 1.57. The van der Waals surface area contributed by atoms with Crippen LogP contribution in [0.4, 0.5) is 5.82 Å². The zero-order valence-corrected chi connectivity index (χ0v) is 21.8. The van der Waals surface area contributed by atoms with Gasteiger partial charge in [0.25, 0.3) is 0 Å². The lowest BCUT2D eigenvalue weighted by atomic mass is 10.0. The van der Waals surface area contributed by atoms with Crippen LogP contribution in [0.1, 0.15) is 50.0 Å². The van der Waals surface area contributed by atoms with Crippen molar-refractivity contribution in [2.75, 3.05) is 31.1 Å². The van der Waals surface area contributed by atoms with Crippen LogP contribution in [0.2, 0.25) is 0 Å². The van der Waals surface area contributed by atoms with Crippen molar-refractivity contribution in [1.29, 1.82) is 0 Å². The van der Waals surface area contributed by atoms with E-state index < -0.39 is 0 Å². The minimum Gasteiger partial charge on any atom is -0.494 e. The van der Waals surface area contributed by atoms with E-state index in [1.54, 1.807) is 6.20 Å². The zero-order valence-electron chi connectivity index (χ0n) is 21.8. The second-order valence-corrected chi connectivity index (χ2v) is 9.41. The molecule has 36 heavy (non-hydrogen) atoms. The lowest BCUT2D eigenvalue weighted by Gasteiger charge is -2.28. The van der Waals surface area contributed by atoms with E-state index in [4.69, 9.17) is 14.5 Å². The molecule has 0 spiro atoms. The Morgan fingerprint density at radius 1 is 1.08 bits per heavy atom. The van der Waals surface area contributed by atoms with Crippen molar-refractivity contribution in [3.8, 4) is 16.9 Å². The van der Waals surface area contributed by atoms with Gasteiger partial charge in [-0.1, -0.05) is 49.4 Å². The Hall–Kier alpha value is -3.38. The average Bonchev–Trinajstić information content (AvgIpc) is 3.38. The number of likely N-dealkylation sites (N-methyl/N-ethyl adjacent to an activating group) is 1. The summed E-state index contributed by atoms with van der Waals surface area (Å²) in [7, 11) is 0. The topological polar surface area (TPSA) is 54.9 Å². The molecule has 1 aliphatic heterocycles. The molecule has 0 amide bonds. The second kappa shape index (κ2) is 12.0. The van der Waals surface area contributed by atoms with Gasteiger partial charge in [0.1, 0.15) is 17.1 Å². The van der Waals surface area contributed by atoms with Gasteiger partial charge >= 0.3 is 5.97 Å². The van der Waals surface area contributed by atoms with Crippen molar-refractivity contribution < 1.29 is 14.3 Å². The SMILES string of the molecule is CCOc1ccc(CN(CC)C2CCN(c3nccc(-c4ccccc4)c3C(=O)OC(C)C)C2)cc1. The minimum atomic E-state index is -0.322. The molecule has 0 N–H and O–H groups in total. The third-order valence-corrected chi connectivity index (χ3v) is 6.57. The molecule has 0 aliphatic carbocycles. The van der Waals surface area contributed by atoms with E-state index >= 15 is 0 Å². The van der Waals surface area contributed by atoms with Crippen molar-refractivity contribution in [2.45, 2.75) is 52.8 Å². The van der Waals surface area contributed by atoms with Crippen LogP contribution in [-0.2, 0) is 11.3 Å². The fraction of sp³-hybridized carbons (Fsp3) is 0.400. The van der Waals surface area contributed by atoms with E-state index in [9.17, 15) is 4.79 Å². The number of carbonyl (C=O) groups excluding carboxylic acids is 1. The summed E-state index contributed by atoms with van der Waals surface area (Å²) in [4.78, 5) is 22.8. The summed E-state index contributed by atoms with van der Waals surface area (Å²) in [6.07, 6.45) is 2.61.